The van der Waals surface area contributed by atoms with Gasteiger partial charge in [0, 0.05) is 23.9 Å². The molecule has 3 rings (SSSR count). The number of carbonyl (C=O) groups excluding carboxylic acids is 1. The minimum absolute atomic E-state index is 0.207. The van der Waals surface area contributed by atoms with Crippen molar-refractivity contribution >= 4 is 19.4 Å². The molecule has 1 amide bonds. The Bertz CT molecular complexity index is 939. The molecule has 11 heteroatoms. The standard InChI is InChI=1S/C18H15N3O.F6P/c22-18(17-8-4-5-11-19-17)20-16-9-12-21(13-10-16)14-15-6-2-1-3-7-15;1-7(2,3,4,5)6/h1-13H,14H2;/q;-1/p+1. The molecule has 4 nitrogen and oxygen atoms in total. The molecular formula is C18H16F6N3OP. The average Bonchev–Trinajstić information content (AvgIpc) is 2.62. The number of pyridine rings is 2. The van der Waals surface area contributed by atoms with Gasteiger partial charge in [-0.15, -0.1) is 0 Å². The van der Waals surface area contributed by atoms with Crippen molar-refractivity contribution in [2.75, 3.05) is 5.32 Å². The van der Waals surface area contributed by atoms with Gasteiger partial charge in [-0.3, -0.25) is 9.78 Å². The number of nitrogens with one attached hydrogen (secondary N) is 1. The molecule has 3 aromatic rings. The zero-order chi connectivity index (χ0) is 21.6. The van der Waals surface area contributed by atoms with E-state index >= 15 is 0 Å². The molecule has 1 aromatic carbocycles. The van der Waals surface area contributed by atoms with Gasteiger partial charge in [-0.05, 0) is 12.1 Å². The van der Waals surface area contributed by atoms with E-state index < -0.39 is 7.81 Å². The Labute approximate surface area is 162 Å². The molecule has 0 aliphatic rings. The summed E-state index contributed by atoms with van der Waals surface area (Å²) in [5.41, 5.74) is 2.39. The van der Waals surface area contributed by atoms with Crippen LogP contribution >= 0.6 is 7.81 Å². The van der Waals surface area contributed by atoms with E-state index in [4.69, 9.17) is 0 Å². The van der Waals surface area contributed by atoms with Gasteiger partial charge in [0.25, 0.3) is 5.91 Å². The number of benzene rings is 1. The molecule has 0 spiro atoms. The topological polar surface area (TPSA) is 45.9 Å². The summed E-state index contributed by atoms with van der Waals surface area (Å²) in [6.07, 6.45) is 5.50. The van der Waals surface area contributed by atoms with Crippen LogP contribution in [-0.4, -0.2) is 10.9 Å². The van der Waals surface area contributed by atoms with Crippen LogP contribution in [0.2, 0.25) is 0 Å². The van der Waals surface area contributed by atoms with E-state index in [1.165, 1.54) is 5.56 Å². The molecule has 2 heterocycles. The Hall–Kier alpha value is -3.00. The molecule has 0 radical (unpaired) electrons. The van der Waals surface area contributed by atoms with Crippen LogP contribution in [0, 0.1) is 0 Å². The van der Waals surface area contributed by atoms with Crippen LogP contribution in [0.3, 0.4) is 0 Å². The Balaban J connectivity index is 0.000000370. The Morgan fingerprint density at radius 3 is 1.93 bits per heavy atom. The van der Waals surface area contributed by atoms with Gasteiger partial charge in [0.1, 0.15) is 5.69 Å². The quantitative estimate of drug-likeness (QED) is 0.308. The van der Waals surface area contributed by atoms with Crippen LogP contribution in [0.5, 0.6) is 0 Å². The van der Waals surface area contributed by atoms with Crippen LogP contribution in [0.25, 0.3) is 0 Å². The van der Waals surface area contributed by atoms with Gasteiger partial charge in [-0.1, -0.05) is 36.4 Å². The Morgan fingerprint density at radius 1 is 0.862 bits per heavy atom. The van der Waals surface area contributed by atoms with Crippen LogP contribution < -0.4 is 9.88 Å². The predicted octanol–water partition coefficient (Wildman–Crippen LogP) is 6.05. The first kappa shape index (κ1) is 22.3. The largest absolute Gasteiger partial charge is 0.320 e. The van der Waals surface area contributed by atoms with Crippen molar-refractivity contribution in [3.63, 3.8) is 0 Å². The maximum absolute atomic E-state index is 12.0. The molecule has 2 aromatic heterocycles. The maximum atomic E-state index is 12.0. The molecule has 0 aliphatic heterocycles. The van der Waals surface area contributed by atoms with Crippen molar-refractivity contribution < 1.29 is 34.5 Å². The molecule has 0 atom stereocenters. The minimum atomic E-state index is -10.7. The maximum Gasteiger partial charge on any atom is 0.274 e. The number of hydrogen-bond acceptors (Lipinski definition) is 2. The second-order valence-corrected chi connectivity index (χ2v) is 7.79. The summed E-state index contributed by atoms with van der Waals surface area (Å²) >= 11 is 0. The molecule has 1 N–H and O–H groups in total. The smallest absolute Gasteiger partial charge is 0.274 e. The number of halogens is 6. The molecule has 156 valence electrons. The third-order valence-electron chi connectivity index (χ3n) is 3.25. The SMILES string of the molecule is F[P-](F)(F)(F)(F)F.O=C(Nc1cc[n+](Cc2ccccc2)cc1)c1ccccn1. The summed E-state index contributed by atoms with van der Waals surface area (Å²) in [5, 5.41) is 2.83. The number of amides is 1. The van der Waals surface area contributed by atoms with E-state index in [2.05, 4.69) is 27.0 Å². The first-order valence-electron chi connectivity index (χ1n) is 8.08. The molecule has 0 bridgehead atoms. The number of nitrogens with zero attached hydrogens (tertiary/aromatic N) is 2. The summed E-state index contributed by atoms with van der Waals surface area (Å²) in [6, 6.07) is 19.3. The van der Waals surface area contributed by atoms with Crippen molar-refractivity contribution in [3.8, 4) is 0 Å². The fourth-order valence-electron chi connectivity index (χ4n) is 2.13. The van der Waals surface area contributed by atoms with Crippen LogP contribution in [0.4, 0.5) is 30.9 Å². The first-order chi connectivity index (χ1) is 13.3. The van der Waals surface area contributed by atoms with E-state index in [-0.39, 0.29) is 5.91 Å². The summed E-state index contributed by atoms with van der Waals surface area (Å²) in [5.74, 6) is -0.207. The number of aromatic nitrogens is 2. The third kappa shape index (κ3) is 10.8. The number of hydrogen-bond donors (Lipinski definition) is 1. The molecule has 29 heavy (non-hydrogen) atoms. The second kappa shape index (κ2) is 7.79. The summed E-state index contributed by atoms with van der Waals surface area (Å²) in [6.45, 7) is 0.801. The molecule has 0 saturated heterocycles. The molecule has 0 fully saturated rings. The van der Waals surface area contributed by atoms with Crippen molar-refractivity contribution in [2.24, 2.45) is 0 Å². The third-order valence-corrected chi connectivity index (χ3v) is 3.25. The number of rotatable bonds is 4. The van der Waals surface area contributed by atoms with Gasteiger partial charge in [0.05, 0.1) is 5.69 Å². The van der Waals surface area contributed by atoms with Gasteiger partial charge in [0.15, 0.2) is 18.9 Å². The van der Waals surface area contributed by atoms with Gasteiger partial charge >= 0.3 is 33.0 Å². The second-order valence-electron chi connectivity index (χ2n) is 5.87. The molecule has 0 saturated carbocycles. The Kier molecular flexibility index (Phi) is 5.99. The molecule has 0 aliphatic carbocycles. The number of anilines is 1. The molecule has 0 unspecified atom stereocenters. The van der Waals surface area contributed by atoms with Gasteiger partial charge < -0.3 is 5.32 Å². The summed E-state index contributed by atoms with van der Waals surface area (Å²) in [4.78, 5) is 16.0. The van der Waals surface area contributed by atoms with E-state index in [9.17, 15) is 30.0 Å². The summed E-state index contributed by atoms with van der Waals surface area (Å²) < 4.78 is 61.3. The fourth-order valence-corrected chi connectivity index (χ4v) is 2.13. The van der Waals surface area contributed by atoms with Crippen LogP contribution in [0.15, 0.2) is 79.3 Å². The van der Waals surface area contributed by atoms with Crippen LogP contribution in [-0.2, 0) is 6.54 Å². The van der Waals surface area contributed by atoms with Gasteiger partial charge in [-0.25, -0.2) is 4.57 Å². The zero-order valence-corrected chi connectivity index (χ0v) is 15.6. The van der Waals surface area contributed by atoms with Gasteiger partial charge in [0.2, 0.25) is 0 Å². The van der Waals surface area contributed by atoms with Gasteiger partial charge in [-0.2, -0.15) is 0 Å². The van der Waals surface area contributed by atoms with Crippen LogP contribution in [0.1, 0.15) is 16.1 Å². The summed E-state index contributed by atoms with van der Waals surface area (Å²) in [7, 11) is -10.7. The normalized spacial score (nSPS) is 13.3. The predicted molar refractivity (Wildman–Crippen MR) is 97.9 cm³/mol. The van der Waals surface area contributed by atoms with Crippen molar-refractivity contribution in [2.45, 2.75) is 6.54 Å². The average molecular weight is 435 g/mol. The van der Waals surface area contributed by atoms with Crippen molar-refractivity contribution in [3.05, 3.63) is 90.5 Å². The van der Waals surface area contributed by atoms with E-state index in [1.807, 2.05) is 42.7 Å². The minimum Gasteiger partial charge on any atom is -0.320 e. The first-order valence-corrected chi connectivity index (χ1v) is 10.1. The molecular weight excluding hydrogens is 419 g/mol. The van der Waals surface area contributed by atoms with Crippen molar-refractivity contribution in [1.29, 1.82) is 0 Å². The number of carbonyl (C=O) groups is 1. The fraction of sp³-hybridized carbons (Fsp3) is 0.0556. The van der Waals surface area contributed by atoms with Crippen molar-refractivity contribution in [1.82, 2.24) is 4.98 Å². The van der Waals surface area contributed by atoms with E-state index in [0.29, 0.717) is 5.69 Å². The zero-order valence-electron chi connectivity index (χ0n) is 14.7. The Morgan fingerprint density at radius 2 is 1.41 bits per heavy atom. The van der Waals surface area contributed by atoms with E-state index in [1.54, 1.807) is 24.4 Å². The monoisotopic (exact) mass is 435 g/mol. The van der Waals surface area contributed by atoms with E-state index in [0.717, 1.165) is 12.2 Å².